The average molecular weight is 170 g/mol. The van der Waals surface area contributed by atoms with Crippen molar-refractivity contribution in [3.63, 3.8) is 0 Å². The summed E-state index contributed by atoms with van der Waals surface area (Å²) in [5.41, 5.74) is -1.40. The van der Waals surface area contributed by atoms with E-state index in [-0.39, 0.29) is 5.97 Å². The summed E-state index contributed by atoms with van der Waals surface area (Å²) < 4.78 is 4.93. The first-order chi connectivity index (χ1) is 5.58. The second-order valence-electron chi connectivity index (χ2n) is 4.10. The maximum absolute atomic E-state index is 11.4. The van der Waals surface area contributed by atoms with Crippen molar-refractivity contribution in [2.24, 2.45) is 5.41 Å². The molecule has 3 heteroatoms. The van der Waals surface area contributed by atoms with Gasteiger partial charge in [0, 0.05) is 6.42 Å². The van der Waals surface area contributed by atoms with Crippen molar-refractivity contribution in [2.75, 3.05) is 6.61 Å². The van der Waals surface area contributed by atoms with Crippen LogP contribution in [0.4, 0.5) is 0 Å². The van der Waals surface area contributed by atoms with Crippen LogP contribution in [0.2, 0.25) is 0 Å². The van der Waals surface area contributed by atoms with Crippen molar-refractivity contribution in [1.29, 1.82) is 0 Å². The molecule has 0 aromatic carbocycles. The number of aliphatic hydroxyl groups is 1. The summed E-state index contributed by atoms with van der Waals surface area (Å²) >= 11 is 0. The van der Waals surface area contributed by atoms with Gasteiger partial charge in [-0.2, -0.15) is 0 Å². The number of esters is 1. The van der Waals surface area contributed by atoms with Gasteiger partial charge < -0.3 is 9.84 Å². The van der Waals surface area contributed by atoms with Gasteiger partial charge in [-0.05, 0) is 26.2 Å². The highest BCUT2D eigenvalue weighted by atomic mass is 16.5. The molecule has 12 heavy (non-hydrogen) atoms. The Morgan fingerprint density at radius 2 is 2.17 bits per heavy atom. The number of ether oxygens (including phenoxy) is 1. The molecule has 1 saturated heterocycles. The third-order valence-corrected chi connectivity index (χ3v) is 3.45. The molecule has 0 amide bonds. The van der Waals surface area contributed by atoms with Crippen molar-refractivity contribution in [3.05, 3.63) is 0 Å². The van der Waals surface area contributed by atoms with Crippen LogP contribution < -0.4 is 0 Å². The van der Waals surface area contributed by atoms with E-state index in [2.05, 4.69) is 0 Å². The minimum absolute atomic E-state index is 0.190. The fourth-order valence-corrected chi connectivity index (χ4v) is 2.52. The van der Waals surface area contributed by atoms with Crippen LogP contribution >= 0.6 is 0 Å². The van der Waals surface area contributed by atoms with E-state index < -0.39 is 11.0 Å². The van der Waals surface area contributed by atoms with E-state index in [4.69, 9.17) is 4.74 Å². The number of cyclic esters (lactones) is 1. The van der Waals surface area contributed by atoms with Crippen molar-refractivity contribution in [3.8, 4) is 0 Å². The summed E-state index contributed by atoms with van der Waals surface area (Å²) in [6.45, 7) is 2.24. The highest BCUT2D eigenvalue weighted by Gasteiger charge is 2.59. The summed E-state index contributed by atoms with van der Waals surface area (Å²) in [4.78, 5) is 11.4. The second kappa shape index (κ2) is 2.22. The first-order valence-corrected chi connectivity index (χ1v) is 4.48. The fraction of sp³-hybridized carbons (Fsp3) is 0.889. The van der Waals surface area contributed by atoms with Gasteiger partial charge in [-0.15, -0.1) is 0 Å². The zero-order valence-electron chi connectivity index (χ0n) is 7.30. The lowest BCUT2D eigenvalue weighted by Gasteiger charge is -2.32. The SMILES string of the molecule is CC1(O)CCCC12CCOC2=O. The Bertz CT molecular complexity index is 218. The molecular formula is C9H14O3. The Hall–Kier alpha value is -0.570. The molecule has 1 heterocycles. The van der Waals surface area contributed by atoms with Crippen LogP contribution in [-0.2, 0) is 9.53 Å². The van der Waals surface area contributed by atoms with Gasteiger partial charge in [0.1, 0.15) is 0 Å². The summed E-state index contributed by atoms with van der Waals surface area (Å²) in [7, 11) is 0. The Kier molecular flexibility index (Phi) is 1.49. The standard InChI is InChI=1S/C9H14O3/c1-8(11)3-2-4-9(8)5-6-12-7(9)10/h11H,2-6H2,1H3. The molecule has 2 unspecified atom stereocenters. The van der Waals surface area contributed by atoms with Crippen molar-refractivity contribution in [2.45, 2.75) is 38.2 Å². The minimum atomic E-state index is -0.833. The van der Waals surface area contributed by atoms with Gasteiger partial charge in [-0.25, -0.2) is 0 Å². The predicted octanol–water partition coefficient (Wildman–Crippen LogP) is 0.855. The number of carbonyl (C=O) groups excluding carboxylic acids is 1. The molecule has 1 spiro atoms. The van der Waals surface area contributed by atoms with Crippen LogP contribution in [0.1, 0.15) is 32.6 Å². The van der Waals surface area contributed by atoms with E-state index in [1.807, 2.05) is 0 Å². The van der Waals surface area contributed by atoms with Gasteiger partial charge in [0.2, 0.25) is 0 Å². The van der Waals surface area contributed by atoms with E-state index in [0.29, 0.717) is 13.0 Å². The lowest BCUT2D eigenvalue weighted by Crippen LogP contribution is -2.44. The van der Waals surface area contributed by atoms with Gasteiger partial charge in [0.25, 0.3) is 0 Å². The molecule has 0 radical (unpaired) electrons. The molecule has 3 nitrogen and oxygen atoms in total. The quantitative estimate of drug-likeness (QED) is 0.548. The Labute approximate surface area is 71.7 Å². The zero-order valence-corrected chi connectivity index (χ0v) is 7.30. The molecule has 2 rings (SSSR count). The largest absolute Gasteiger partial charge is 0.465 e. The van der Waals surface area contributed by atoms with Crippen LogP contribution in [0.5, 0.6) is 0 Å². The summed E-state index contributed by atoms with van der Waals surface area (Å²) in [6.07, 6.45) is 3.14. The van der Waals surface area contributed by atoms with E-state index in [9.17, 15) is 9.90 Å². The first kappa shape index (κ1) is 8.05. The molecule has 0 aromatic rings. The second-order valence-corrected chi connectivity index (χ2v) is 4.10. The number of hydrogen-bond acceptors (Lipinski definition) is 3. The van der Waals surface area contributed by atoms with Crippen molar-refractivity contribution >= 4 is 5.97 Å². The molecule has 2 fully saturated rings. The topological polar surface area (TPSA) is 46.5 Å². The van der Waals surface area contributed by atoms with E-state index in [1.165, 1.54) is 0 Å². The van der Waals surface area contributed by atoms with Crippen LogP contribution in [0.3, 0.4) is 0 Å². The Balaban J connectivity index is 2.35. The minimum Gasteiger partial charge on any atom is -0.465 e. The molecule has 0 aromatic heterocycles. The van der Waals surface area contributed by atoms with Gasteiger partial charge in [0.05, 0.1) is 17.6 Å². The van der Waals surface area contributed by atoms with E-state index >= 15 is 0 Å². The van der Waals surface area contributed by atoms with E-state index in [0.717, 1.165) is 19.3 Å². The van der Waals surface area contributed by atoms with Gasteiger partial charge in [-0.3, -0.25) is 4.79 Å². The molecule has 1 saturated carbocycles. The lowest BCUT2D eigenvalue weighted by molar-refractivity contribution is -0.156. The van der Waals surface area contributed by atoms with E-state index in [1.54, 1.807) is 6.92 Å². The number of hydrogen-bond donors (Lipinski definition) is 1. The highest BCUT2D eigenvalue weighted by Crippen LogP contribution is 2.51. The Morgan fingerprint density at radius 3 is 2.58 bits per heavy atom. The fourth-order valence-electron chi connectivity index (χ4n) is 2.52. The smallest absolute Gasteiger partial charge is 0.315 e. The maximum atomic E-state index is 11.4. The number of carbonyl (C=O) groups is 1. The lowest BCUT2D eigenvalue weighted by atomic mass is 9.74. The van der Waals surface area contributed by atoms with Gasteiger partial charge >= 0.3 is 5.97 Å². The summed E-state index contributed by atoms with van der Waals surface area (Å²) in [5, 5.41) is 10.0. The monoisotopic (exact) mass is 170 g/mol. The highest BCUT2D eigenvalue weighted by molar-refractivity contribution is 5.80. The van der Waals surface area contributed by atoms with Gasteiger partial charge in [0.15, 0.2) is 0 Å². The molecule has 1 aliphatic carbocycles. The molecule has 68 valence electrons. The first-order valence-electron chi connectivity index (χ1n) is 4.48. The molecule has 2 aliphatic rings. The third kappa shape index (κ3) is 0.774. The normalized spacial score (nSPS) is 47.0. The Morgan fingerprint density at radius 1 is 1.42 bits per heavy atom. The molecule has 0 bridgehead atoms. The van der Waals surface area contributed by atoms with Crippen LogP contribution in [-0.4, -0.2) is 23.3 Å². The predicted molar refractivity (Wildman–Crippen MR) is 42.5 cm³/mol. The third-order valence-electron chi connectivity index (χ3n) is 3.45. The molecule has 1 aliphatic heterocycles. The van der Waals surface area contributed by atoms with Crippen LogP contribution in [0.15, 0.2) is 0 Å². The van der Waals surface area contributed by atoms with Crippen LogP contribution in [0.25, 0.3) is 0 Å². The molecular weight excluding hydrogens is 156 g/mol. The average Bonchev–Trinajstić information content (AvgIpc) is 2.45. The maximum Gasteiger partial charge on any atom is 0.315 e. The molecule has 1 N–H and O–H groups in total. The number of rotatable bonds is 0. The zero-order chi connectivity index (χ0) is 8.82. The molecule has 2 atom stereocenters. The summed E-state index contributed by atoms with van der Waals surface area (Å²) in [6, 6.07) is 0. The van der Waals surface area contributed by atoms with Gasteiger partial charge in [-0.1, -0.05) is 0 Å². The van der Waals surface area contributed by atoms with Crippen molar-refractivity contribution < 1.29 is 14.6 Å². The summed E-state index contributed by atoms with van der Waals surface area (Å²) in [5.74, 6) is -0.190. The van der Waals surface area contributed by atoms with Crippen molar-refractivity contribution in [1.82, 2.24) is 0 Å². The van der Waals surface area contributed by atoms with Crippen LogP contribution in [0, 0.1) is 5.41 Å².